The van der Waals surface area contributed by atoms with E-state index in [-0.39, 0.29) is 11.3 Å². The van der Waals surface area contributed by atoms with Gasteiger partial charge in [0.25, 0.3) is 11.6 Å². The highest BCUT2D eigenvalue weighted by Crippen LogP contribution is 2.26. The van der Waals surface area contributed by atoms with Crippen LogP contribution in [-0.2, 0) is 0 Å². The Morgan fingerprint density at radius 2 is 2.33 bits per heavy atom. The third kappa shape index (κ3) is 3.49. The Balaban J connectivity index is 2.30. The standard InChI is InChI=1S/C14H20N4O3/c1-2-17(9-10-4-3-7-16-10)13-6-5-11(18(20)21)8-12(13)14(15)19/h5-6,8,10,16H,2-4,7,9H2,1H3,(H2,15,19). The number of carbonyl (C=O) groups excluding carboxylic acids is 1. The zero-order valence-corrected chi connectivity index (χ0v) is 12.0. The summed E-state index contributed by atoms with van der Waals surface area (Å²) in [7, 11) is 0. The molecule has 1 amide bonds. The maximum Gasteiger partial charge on any atom is 0.270 e. The van der Waals surface area contributed by atoms with Crippen LogP contribution in [0.5, 0.6) is 0 Å². The van der Waals surface area contributed by atoms with E-state index in [0.29, 0.717) is 18.3 Å². The minimum atomic E-state index is -0.647. The van der Waals surface area contributed by atoms with Gasteiger partial charge >= 0.3 is 0 Å². The van der Waals surface area contributed by atoms with Gasteiger partial charge in [-0.15, -0.1) is 0 Å². The average Bonchev–Trinajstić information content (AvgIpc) is 2.97. The van der Waals surface area contributed by atoms with Gasteiger partial charge in [0, 0.05) is 31.3 Å². The van der Waals surface area contributed by atoms with Crippen molar-refractivity contribution in [2.24, 2.45) is 5.73 Å². The number of anilines is 1. The molecule has 114 valence electrons. The predicted molar refractivity (Wildman–Crippen MR) is 80.5 cm³/mol. The number of nitrogens with two attached hydrogens (primary N) is 1. The molecular formula is C14H20N4O3. The number of rotatable bonds is 6. The molecule has 1 aromatic rings. The van der Waals surface area contributed by atoms with Gasteiger partial charge in [0.2, 0.25) is 0 Å². The summed E-state index contributed by atoms with van der Waals surface area (Å²) in [5, 5.41) is 14.2. The number of hydrogen-bond donors (Lipinski definition) is 2. The number of amides is 1. The fourth-order valence-electron chi connectivity index (χ4n) is 2.69. The van der Waals surface area contributed by atoms with E-state index in [1.165, 1.54) is 12.1 Å². The minimum Gasteiger partial charge on any atom is -0.370 e. The summed E-state index contributed by atoms with van der Waals surface area (Å²) in [5.74, 6) is -0.647. The number of non-ortho nitro benzene ring substituents is 1. The van der Waals surface area contributed by atoms with Gasteiger partial charge in [-0.3, -0.25) is 14.9 Å². The Morgan fingerprint density at radius 3 is 2.86 bits per heavy atom. The Labute approximate surface area is 123 Å². The van der Waals surface area contributed by atoms with Gasteiger partial charge < -0.3 is 16.0 Å². The molecule has 0 saturated carbocycles. The maximum atomic E-state index is 11.6. The first-order valence-corrected chi connectivity index (χ1v) is 7.09. The van der Waals surface area contributed by atoms with Gasteiger partial charge in [0.05, 0.1) is 16.2 Å². The maximum absolute atomic E-state index is 11.6. The summed E-state index contributed by atoms with van der Waals surface area (Å²) in [4.78, 5) is 24.0. The van der Waals surface area contributed by atoms with Crippen LogP contribution in [0.1, 0.15) is 30.1 Å². The highest BCUT2D eigenvalue weighted by atomic mass is 16.6. The molecule has 21 heavy (non-hydrogen) atoms. The van der Waals surface area contributed by atoms with E-state index in [0.717, 1.165) is 25.9 Å². The van der Waals surface area contributed by atoms with Gasteiger partial charge in [-0.25, -0.2) is 0 Å². The fraction of sp³-hybridized carbons (Fsp3) is 0.500. The SMILES string of the molecule is CCN(CC1CCCN1)c1ccc([N+](=O)[O-])cc1C(N)=O. The second-order valence-electron chi connectivity index (χ2n) is 5.15. The number of nitro benzene ring substituents is 1. The smallest absolute Gasteiger partial charge is 0.270 e. The number of benzene rings is 1. The highest BCUT2D eigenvalue weighted by Gasteiger charge is 2.22. The van der Waals surface area contributed by atoms with Crippen LogP contribution in [0.2, 0.25) is 0 Å². The fourth-order valence-corrected chi connectivity index (χ4v) is 2.69. The molecule has 0 aliphatic carbocycles. The van der Waals surface area contributed by atoms with Gasteiger partial charge in [-0.1, -0.05) is 0 Å². The quantitative estimate of drug-likeness (QED) is 0.607. The number of likely N-dealkylation sites (N-methyl/N-ethyl adjacent to an activating group) is 1. The molecule has 1 heterocycles. The van der Waals surface area contributed by atoms with Gasteiger partial charge in [0.15, 0.2) is 0 Å². The summed E-state index contributed by atoms with van der Waals surface area (Å²) in [6.07, 6.45) is 2.24. The molecule has 1 aliphatic heterocycles. The molecule has 0 spiro atoms. The first-order chi connectivity index (χ1) is 10.0. The monoisotopic (exact) mass is 292 g/mol. The van der Waals surface area contributed by atoms with Crippen molar-refractivity contribution >= 4 is 17.3 Å². The van der Waals surface area contributed by atoms with E-state index in [2.05, 4.69) is 5.32 Å². The number of hydrogen-bond acceptors (Lipinski definition) is 5. The number of carbonyl (C=O) groups is 1. The first kappa shape index (κ1) is 15.2. The van der Waals surface area contributed by atoms with Crippen LogP contribution in [0, 0.1) is 10.1 Å². The summed E-state index contributed by atoms with van der Waals surface area (Å²) in [5.41, 5.74) is 6.11. The van der Waals surface area contributed by atoms with Crippen molar-refractivity contribution in [3.8, 4) is 0 Å². The second-order valence-corrected chi connectivity index (χ2v) is 5.15. The molecule has 1 unspecified atom stereocenters. The average molecular weight is 292 g/mol. The van der Waals surface area contributed by atoms with Crippen LogP contribution in [0.15, 0.2) is 18.2 Å². The van der Waals surface area contributed by atoms with Gasteiger partial charge in [0.1, 0.15) is 0 Å². The zero-order valence-electron chi connectivity index (χ0n) is 12.0. The van der Waals surface area contributed by atoms with Crippen LogP contribution in [0.25, 0.3) is 0 Å². The summed E-state index contributed by atoms with van der Waals surface area (Å²) in [6, 6.07) is 4.65. The van der Waals surface area contributed by atoms with Crippen molar-refractivity contribution in [2.45, 2.75) is 25.8 Å². The number of nitro groups is 1. The van der Waals surface area contributed by atoms with Crippen LogP contribution in [0.3, 0.4) is 0 Å². The van der Waals surface area contributed by atoms with Crippen molar-refractivity contribution in [3.63, 3.8) is 0 Å². The largest absolute Gasteiger partial charge is 0.370 e. The lowest BCUT2D eigenvalue weighted by Crippen LogP contribution is -2.38. The third-order valence-electron chi connectivity index (χ3n) is 3.78. The van der Waals surface area contributed by atoms with Crippen molar-refractivity contribution < 1.29 is 9.72 Å². The third-order valence-corrected chi connectivity index (χ3v) is 3.78. The Hall–Kier alpha value is -2.15. The molecule has 0 radical (unpaired) electrons. The van der Waals surface area contributed by atoms with Crippen molar-refractivity contribution in [1.29, 1.82) is 0 Å². The molecule has 1 atom stereocenters. The Kier molecular flexibility index (Phi) is 4.74. The van der Waals surface area contributed by atoms with Crippen LogP contribution >= 0.6 is 0 Å². The lowest BCUT2D eigenvalue weighted by atomic mass is 10.1. The van der Waals surface area contributed by atoms with Gasteiger partial charge in [-0.05, 0) is 32.4 Å². The molecule has 1 aromatic carbocycles. The molecule has 1 fully saturated rings. The van der Waals surface area contributed by atoms with E-state index < -0.39 is 10.8 Å². The number of nitrogens with one attached hydrogen (secondary N) is 1. The molecule has 1 aliphatic rings. The van der Waals surface area contributed by atoms with Gasteiger partial charge in [-0.2, -0.15) is 0 Å². The van der Waals surface area contributed by atoms with Crippen molar-refractivity contribution in [2.75, 3.05) is 24.5 Å². The van der Waals surface area contributed by atoms with E-state index in [4.69, 9.17) is 5.73 Å². The molecule has 0 aromatic heterocycles. The van der Waals surface area contributed by atoms with E-state index in [9.17, 15) is 14.9 Å². The predicted octanol–water partition coefficient (Wildman–Crippen LogP) is 1.27. The zero-order chi connectivity index (χ0) is 15.4. The van der Waals surface area contributed by atoms with Crippen LogP contribution < -0.4 is 16.0 Å². The molecule has 3 N–H and O–H groups in total. The van der Waals surface area contributed by atoms with Crippen LogP contribution in [0.4, 0.5) is 11.4 Å². The molecule has 0 bridgehead atoms. The van der Waals surface area contributed by atoms with E-state index in [1.807, 2.05) is 11.8 Å². The van der Waals surface area contributed by atoms with Crippen LogP contribution in [-0.4, -0.2) is 36.5 Å². The molecule has 1 saturated heterocycles. The minimum absolute atomic E-state index is 0.123. The second kappa shape index (κ2) is 6.53. The summed E-state index contributed by atoms with van der Waals surface area (Å²) in [6.45, 7) is 4.46. The van der Waals surface area contributed by atoms with Crippen molar-refractivity contribution in [1.82, 2.24) is 5.32 Å². The molecular weight excluding hydrogens is 272 g/mol. The lowest BCUT2D eigenvalue weighted by molar-refractivity contribution is -0.384. The van der Waals surface area contributed by atoms with E-state index >= 15 is 0 Å². The normalized spacial score (nSPS) is 17.7. The lowest BCUT2D eigenvalue weighted by Gasteiger charge is -2.27. The first-order valence-electron chi connectivity index (χ1n) is 7.09. The summed E-state index contributed by atoms with van der Waals surface area (Å²) < 4.78 is 0. The van der Waals surface area contributed by atoms with E-state index in [1.54, 1.807) is 6.07 Å². The topological polar surface area (TPSA) is 102 Å². The number of nitrogens with zero attached hydrogens (tertiary/aromatic N) is 2. The number of primary amides is 1. The molecule has 7 heteroatoms. The Bertz CT molecular complexity index is 541. The molecule has 7 nitrogen and oxygen atoms in total. The highest BCUT2D eigenvalue weighted by molar-refractivity contribution is 5.99. The Morgan fingerprint density at radius 1 is 1.57 bits per heavy atom. The molecule has 2 rings (SSSR count). The van der Waals surface area contributed by atoms with Crippen molar-refractivity contribution in [3.05, 3.63) is 33.9 Å². The summed E-state index contributed by atoms with van der Waals surface area (Å²) >= 11 is 0.